The van der Waals surface area contributed by atoms with Gasteiger partial charge in [0.1, 0.15) is 5.54 Å². The van der Waals surface area contributed by atoms with Gasteiger partial charge in [0, 0.05) is 12.8 Å². The van der Waals surface area contributed by atoms with E-state index in [2.05, 4.69) is 0 Å². The highest BCUT2D eigenvalue weighted by molar-refractivity contribution is 7.80. The maximum atomic E-state index is 11.9. The van der Waals surface area contributed by atoms with Crippen molar-refractivity contribution in [2.45, 2.75) is 56.9 Å². The van der Waals surface area contributed by atoms with Crippen molar-refractivity contribution in [3.05, 3.63) is 0 Å². The van der Waals surface area contributed by atoms with Crippen LogP contribution < -0.4 is 5.73 Å². The van der Waals surface area contributed by atoms with Crippen molar-refractivity contribution in [1.82, 2.24) is 4.90 Å². The Morgan fingerprint density at radius 1 is 1.06 bits per heavy atom. The van der Waals surface area contributed by atoms with Gasteiger partial charge in [-0.25, -0.2) is 0 Å². The standard InChI is InChI=1S/C12H18N2O2S/c13-11(17)12(7-3-1-2-4-8-12)14-9(15)5-6-10(14)16/h1-8H2,(H2,13,17). The third-order valence-corrected chi connectivity index (χ3v) is 4.25. The molecular weight excluding hydrogens is 236 g/mol. The molecule has 0 spiro atoms. The summed E-state index contributed by atoms with van der Waals surface area (Å²) >= 11 is 5.16. The van der Waals surface area contributed by atoms with Crippen molar-refractivity contribution in [2.24, 2.45) is 5.73 Å². The summed E-state index contributed by atoms with van der Waals surface area (Å²) in [5.41, 5.74) is 5.19. The molecular formula is C12H18N2O2S. The monoisotopic (exact) mass is 254 g/mol. The van der Waals surface area contributed by atoms with Crippen molar-refractivity contribution in [3.8, 4) is 0 Å². The first-order chi connectivity index (χ1) is 8.08. The first kappa shape index (κ1) is 12.5. The van der Waals surface area contributed by atoms with Gasteiger partial charge in [-0.1, -0.05) is 37.9 Å². The number of rotatable bonds is 2. The largest absolute Gasteiger partial charge is 0.391 e. The summed E-state index contributed by atoms with van der Waals surface area (Å²) in [7, 11) is 0. The molecule has 0 aromatic carbocycles. The zero-order chi connectivity index (χ0) is 12.5. The van der Waals surface area contributed by atoms with Gasteiger partial charge in [-0.3, -0.25) is 14.5 Å². The van der Waals surface area contributed by atoms with E-state index in [9.17, 15) is 9.59 Å². The molecule has 1 aliphatic heterocycles. The van der Waals surface area contributed by atoms with E-state index < -0.39 is 5.54 Å². The molecule has 2 rings (SSSR count). The van der Waals surface area contributed by atoms with Crippen LogP contribution in [0.15, 0.2) is 0 Å². The van der Waals surface area contributed by atoms with Crippen molar-refractivity contribution < 1.29 is 9.59 Å². The Kier molecular flexibility index (Phi) is 3.47. The summed E-state index contributed by atoms with van der Waals surface area (Å²) in [5, 5.41) is 0. The van der Waals surface area contributed by atoms with Crippen LogP contribution in [-0.4, -0.2) is 27.2 Å². The number of amides is 2. The van der Waals surface area contributed by atoms with E-state index >= 15 is 0 Å². The Morgan fingerprint density at radius 3 is 1.94 bits per heavy atom. The zero-order valence-corrected chi connectivity index (χ0v) is 10.7. The van der Waals surface area contributed by atoms with Gasteiger partial charge in [-0.15, -0.1) is 0 Å². The minimum atomic E-state index is -0.670. The summed E-state index contributed by atoms with van der Waals surface area (Å²) < 4.78 is 0. The van der Waals surface area contributed by atoms with Crippen molar-refractivity contribution in [3.63, 3.8) is 0 Å². The summed E-state index contributed by atoms with van der Waals surface area (Å²) in [6, 6.07) is 0. The fraction of sp³-hybridized carbons (Fsp3) is 0.750. The van der Waals surface area contributed by atoms with E-state index in [1.165, 1.54) is 4.90 Å². The molecule has 2 N–H and O–H groups in total. The molecule has 1 saturated heterocycles. The van der Waals surface area contributed by atoms with E-state index in [0.29, 0.717) is 17.8 Å². The van der Waals surface area contributed by atoms with Gasteiger partial charge >= 0.3 is 0 Å². The number of carbonyl (C=O) groups is 2. The average molecular weight is 254 g/mol. The molecule has 4 nitrogen and oxygen atoms in total. The Hall–Kier alpha value is -0.970. The highest BCUT2D eigenvalue weighted by atomic mass is 32.1. The number of imide groups is 1. The Labute approximate surface area is 107 Å². The number of hydrogen-bond acceptors (Lipinski definition) is 3. The lowest BCUT2D eigenvalue weighted by molar-refractivity contribution is -0.143. The predicted molar refractivity (Wildman–Crippen MR) is 68.3 cm³/mol. The fourth-order valence-electron chi connectivity index (χ4n) is 2.95. The van der Waals surface area contributed by atoms with E-state index in [4.69, 9.17) is 18.0 Å². The number of hydrogen-bond donors (Lipinski definition) is 1. The number of likely N-dealkylation sites (tertiary alicyclic amines) is 1. The van der Waals surface area contributed by atoms with E-state index in [1.807, 2.05) is 0 Å². The molecule has 2 amide bonds. The summed E-state index contributed by atoms with van der Waals surface area (Å²) in [5.74, 6) is -0.214. The Morgan fingerprint density at radius 2 is 1.53 bits per heavy atom. The minimum absolute atomic E-state index is 0.107. The molecule has 0 aromatic rings. The first-order valence-corrected chi connectivity index (χ1v) is 6.64. The van der Waals surface area contributed by atoms with Gasteiger partial charge < -0.3 is 5.73 Å². The molecule has 0 unspecified atom stereocenters. The molecule has 0 radical (unpaired) electrons. The Bertz CT molecular complexity index is 344. The highest BCUT2D eigenvalue weighted by Crippen LogP contribution is 2.36. The van der Waals surface area contributed by atoms with Crippen LogP contribution in [0.3, 0.4) is 0 Å². The summed E-state index contributed by atoms with van der Waals surface area (Å²) in [6.07, 6.45) is 6.30. The highest BCUT2D eigenvalue weighted by Gasteiger charge is 2.48. The average Bonchev–Trinajstić information content (AvgIpc) is 2.54. The topological polar surface area (TPSA) is 63.4 Å². The van der Waals surface area contributed by atoms with Crippen LogP contribution in [0.5, 0.6) is 0 Å². The number of thiocarbonyl (C=S) groups is 1. The van der Waals surface area contributed by atoms with Gasteiger partial charge in [0.25, 0.3) is 0 Å². The molecule has 0 aromatic heterocycles. The SMILES string of the molecule is NC(=S)C1(N2C(=O)CCC2=O)CCCCCC1. The normalized spacial score (nSPS) is 24.8. The second kappa shape index (κ2) is 4.72. The van der Waals surface area contributed by atoms with Gasteiger partial charge in [0.2, 0.25) is 11.8 Å². The lowest BCUT2D eigenvalue weighted by atomic mass is 9.88. The molecule has 1 aliphatic carbocycles. The van der Waals surface area contributed by atoms with Crippen LogP contribution in [0, 0.1) is 0 Å². The molecule has 5 heteroatoms. The van der Waals surface area contributed by atoms with Gasteiger partial charge in [0.05, 0.1) is 4.99 Å². The second-order valence-electron chi connectivity index (χ2n) is 4.93. The molecule has 17 heavy (non-hydrogen) atoms. The Balaban J connectivity index is 2.35. The third kappa shape index (κ3) is 2.08. The van der Waals surface area contributed by atoms with E-state index in [0.717, 1.165) is 38.5 Å². The van der Waals surface area contributed by atoms with Crippen molar-refractivity contribution in [1.29, 1.82) is 0 Å². The molecule has 0 bridgehead atoms. The molecule has 2 fully saturated rings. The van der Waals surface area contributed by atoms with Gasteiger partial charge in [-0.05, 0) is 12.8 Å². The van der Waals surface area contributed by atoms with Crippen molar-refractivity contribution >= 4 is 29.0 Å². The maximum Gasteiger partial charge on any atom is 0.230 e. The maximum absolute atomic E-state index is 11.9. The van der Waals surface area contributed by atoms with Crippen molar-refractivity contribution in [2.75, 3.05) is 0 Å². The summed E-state index contributed by atoms with van der Waals surface area (Å²) in [4.78, 5) is 25.5. The van der Waals surface area contributed by atoms with Crippen LogP contribution >= 0.6 is 12.2 Å². The second-order valence-corrected chi connectivity index (χ2v) is 5.37. The molecule has 1 heterocycles. The number of nitrogens with two attached hydrogens (primary N) is 1. The quantitative estimate of drug-likeness (QED) is 0.461. The minimum Gasteiger partial charge on any atom is -0.391 e. The first-order valence-electron chi connectivity index (χ1n) is 6.24. The van der Waals surface area contributed by atoms with Crippen LogP contribution in [0.25, 0.3) is 0 Å². The summed E-state index contributed by atoms with van der Waals surface area (Å²) in [6.45, 7) is 0. The van der Waals surface area contributed by atoms with Gasteiger partial charge in [0.15, 0.2) is 0 Å². The van der Waals surface area contributed by atoms with Crippen LogP contribution in [0.1, 0.15) is 51.4 Å². The van der Waals surface area contributed by atoms with Crippen LogP contribution in [0.2, 0.25) is 0 Å². The third-order valence-electron chi connectivity index (χ3n) is 3.87. The number of nitrogens with zero attached hydrogens (tertiary/aromatic N) is 1. The smallest absolute Gasteiger partial charge is 0.230 e. The van der Waals surface area contributed by atoms with Gasteiger partial charge in [-0.2, -0.15) is 0 Å². The predicted octanol–water partition coefficient (Wildman–Crippen LogP) is 1.51. The van der Waals surface area contributed by atoms with Crippen LogP contribution in [0.4, 0.5) is 0 Å². The molecule has 94 valence electrons. The molecule has 1 saturated carbocycles. The van der Waals surface area contributed by atoms with Crippen LogP contribution in [-0.2, 0) is 9.59 Å². The zero-order valence-electron chi connectivity index (χ0n) is 9.91. The fourth-order valence-corrected chi connectivity index (χ4v) is 3.24. The van der Waals surface area contributed by atoms with E-state index in [1.54, 1.807) is 0 Å². The van der Waals surface area contributed by atoms with E-state index in [-0.39, 0.29) is 11.8 Å². The molecule has 0 atom stereocenters. The number of carbonyl (C=O) groups excluding carboxylic acids is 2. The lowest BCUT2D eigenvalue weighted by Gasteiger charge is -2.39. The lowest BCUT2D eigenvalue weighted by Crippen LogP contribution is -2.58. The molecule has 2 aliphatic rings.